The van der Waals surface area contributed by atoms with Crippen molar-refractivity contribution in [3.8, 4) is 0 Å². The standard InChI is InChI=1S/C18H21FN4O4S/c1-21-14-15(20-17(21)28(26,27)10-12-3-4-12)23(18(25)22(2)16(14)24)9-11-5-7-13(19)8-6-11/h5-8,12,18,25H,3-4,9-10H2,1-2H3. The minimum atomic E-state index is -3.66. The van der Waals surface area contributed by atoms with Crippen LogP contribution in [0.5, 0.6) is 0 Å². The molecule has 1 saturated carbocycles. The lowest BCUT2D eigenvalue weighted by Gasteiger charge is -2.38. The Balaban J connectivity index is 1.77. The Morgan fingerprint density at radius 3 is 2.46 bits per heavy atom. The number of carbonyl (C=O) groups excluding carboxylic acids is 1. The van der Waals surface area contributed by atoms with Crippen LogP contribution in [0.2, 0.25) is 0 Å². The molecule has 0 spiro atoms. The van der Waals surface area contributed by atoms with Crippen molar-refractivity contribution in [1.29, 1.82) is 0 Å². The second-order valence-corrected chi connectivity index (χ2v) is 9.30. The zero-order valence-corrected chi connectivity index (χ0v) is 16.4. The molecule has 2 aromatic rings. The zero-order chi connectivity index (χ0) is 20.2. The molecule has 0 bridgehead atoms. The first kappa shape index (κ1) is 18.9. The SMILES string of the molecule is CN1C(=O)c2c(nc(S(=O)(=O)CC3CC3)n2C)N(Cc2ccc(F)cc2)C1O. The van der Waals surface area contributed by atoms with Crippen LogP contribution in [0.3, 0.4) is 0 Å². The van der Waals surface area contributed by atoms with E-state index < -0.39 is 22.1 Å². The van der Waals surface area contributed by atoms with Crippen molar-refractivity contribution in [2.24, 2.45) is 13.0 Å². The van der Waals surface area contributed by atoms with Crippen LogP contribution in [0.4, 0.5) is 10.2 Å². The van der Waals surface area contributed by atoms with Gasteiger partial charge in [0, 0.05) is 20.6 Å². The predicted molar refractivity (Wildman–Crippen MR) is 98.7 cm³/mol. The number of rotatable bonds is 5. The molecule has 0 saturated heterocycles. The van der Waals surface area contributed by atoms with Crippen molar-refractivity contribution < 1.29 is 22.7 Å². The number of anilines is 1. The summed E-state index contributed by atoms with van der Waals surface area (Å²) < 4.78 is 40.0. The number of nitrogens with zero attached hydrogens (tertiary/aromatic N) is 4. The highest BCUT2D eigenvalue weighted by molar-refractivity contribution is 7.91. The van der Waals surface area contributed by atoms with E-state index in [1.807, 2.05) is 0 Å². The third-order valence-electron chi connectivity index (χ3n) is 5.15. The highest BCUT2D eigenvalue weighted by Gasteiger charge is 2.41. The number of aromatic nitrogens is 2. The summed E-state index contributed by atoms with van der Waals surface area (Å²) in [4.78, 5) is 19.5. The fourth-order valence-corrected chi connectivity index (χ4v) is 5.22. The van der Waals surface area contributed by atoms with Crippen molar-refractivity contribution in [1.82, 2.24) is 14.5 Å². The van der Waals surface area contributed by atoms with Crippen molar-refractivity contribution in [3.63, 3.8) is 0 Å². The second-order valence-electron chi connectivity index (χ2n) is 7.37. The number of imidazole rings is 1. The van der Waals surface area contributed by atoms with Crippen LogP contribution in [0.25, 0.3) is 0 Å². The van der Waals surface area contributed by atoms with E-state index in [1.165, 1.54) is 35.7 Å². The molecule has 1 amide bonds. The van der Waals surface area contributed by atoms with Gasteiger partial charge in [-0.25, -0.2) is 12.8 Å². The molecule has 1 fully saturated rings. The lowest BCUT2D eigenvalue weighted by molar-refractivity contribution is 0.0117. The van der Waals surface area contributed by atoms with Crippen LogP contribution < -0.4 is 4.90 Å². The van der Waals surface area contributed by atoms with Crippen LogP contribution in [0.1, 0.15) is 28.9 Å². The van der Waals surface area contributed by atoms with E-state index in [-0.39, 0.29) is 40.7 Å². The highest BCUT2D eigenvalue weighted by atomic mass is 32.2. The summed E-state index contributed by atoms with van der Waals surface area (Å²) in [6.07, 6.45) is 0.430. The van der Waals surface area contributed by atoms with Crippen LogP contribution >= 0.6 is 0 Å². The average Bonchev–Trinajstić information content (AvgIpc) is 3.37. The van der Waals surface area contributed by atoms with Gasteiger partial charge >= 0.3 is 0 Å². The van der Waals surface area contributed by atoms with Gasteiger partial charge in [0.1, 0.15) is 5.82 Å². The van der Waals surface area contributed by atoms with Gasteiger partial charge in [0.25, 0.3) is 5.91 Å². The van der Waals surface area contributed by atoms with Crippen molar-refractivity contribution in [2.75, 3.05) is 17.7 Å². The number of fused-ring (bicyclic) bond motifs is 1. The lowest BCUT2D eigenvalue weighted by atomic mass is 10.2. The first-order valence-corrected chi connectivity index (χ1v) is 10.6. The highest BCUT2D eigenvalue weighted by Crippen LogP contribution is 2.35. The first-order chi connectivity index (χ1) is 13.2. The molecule has 10 heteroatoms. The van der Waals surface area contributed by atoms with E-state index in [4.69, 9.17) is 0 Å². The Morgan fingerprint density at radius 2 is 1.86 bits per heavy atom. The van der Waals surface area contributed by atoms with Gasteiger partial charge in [-0.1, -0.05) is 12.1 Å². The second kappa shape index (κ2) is 6.56. The predicted octanol–water partition coefficient (Wildman–Crippen LogP) is 1.11. The van der Waals surface area contributed by atoms with E-state index in [0.29, 0.717) is 5.56 Å². The van der Waals surface area contributed by atoms with E-state index in [1.54, 1.807) is 12.1 Å². The number of sulfone groups is 1. The first-order valence-electron chi connectivity index (χ1n) is 8.95. The van der Waals surface area contributed by atoms with Crippen molar-refractivity contribution in [2.45, 2.75) is 30.9 Å². The molecular formula is C18H21FN4O4S. The van der Waals surface area contributed by atoms with Crippen LogP contribution in [0, 0.1) is 11.7 Å². The molecule has 28 heavy (non-hydrogen) atoms. The lowest BCUT2D eigenvalue weighted by Crippen LogP contribution is -2.53. The third kappa shape index (κ3) is 3.16. The normalized spacial score (nSPS) is 19.9. The average molecular weight is 408 g/mol. The molecule has 150 valence electrons. The Bertz CT molecular complexity index is 1030. The summed E-state index contributed by atoms with van der Waals surface area (Å²) >= 11 is 0. The maximum absolute atomic E-state index is 13.2. The van der Waals surface area contributed by atoms with Crippen LogP contribution in [0.15, 0.2) is 29.4 Å². The third-order valence-corrected chi connectivity index (χ3v) is 6.98. The molecule has 1 aliphatic carbocycles. The van der Waals surface area contributed by atoms with Gasteiger partial charge in [-0.15, -0.1) is 0 Å². The monoisotopic (exact) mass is 408 g/mol. The minimum Gasteiger partial charge on any atom is -0.356 e. The van der Waals surface area contributed by atoms with Gasteiger partial charge in [-0.3, -0.25) is 9.69 Å². The van der Waals surface area contributed by atoms with Crippen LogP contribution in [-0.4, -0.2) is 53.0 Å². The summed E-state index contributed by atoms with van der Waals surface area (Å²) in [7, 11) is -0.738. The molecule has 2 aliphatic rings. The van der Waals surface area contributed by atoms with Crippen molar-refractivity contribution in [3.05, 3.63) is 41.3 Å². The van der Waals surface area contributed by atoms with Gasteiger partial charge < -0.3 is 14.6 Å². The van der Waals surface area contributed by atoms with Gasteiger partial charge in [0.2, 0.25) is 21.3 Å². The van der Waals surface area contributed by atoms with Gasteiger partial charge in [-0.2, -0.15) is 4.98 Å². The molecule has 0 radical (unpaired) electrons. The Kier molecular flexibility index (Phi) is 4.42. The smallest absolute Gasteiger partial charge is 0.277 e. The number of amides is 1. The minimum absolute atomic E-state index is 0.00127. The summed E-state index contributed by atoms with van der Waals surface area (Å²) in [5, 5.41) is 10.4. The molecule has 1 unspecified atom stereocenters. The zero-order valence-electron chi connectivity index (χ0n) is 15.5. The molecule has 1 aromatic carbocycles. The van der Waals surface area contributed by atoms with Gasteiger partial charge in [-0.05, 0) is 36.5 Å². The summed E-state index contributed by atoms with van der Waals surface area (Å²) in [6.45, 7) is 0.130. The Labute approximate surface area is 162 Å². The molecule has 8 nitrogen and oxygen atoms in total. The number of carbonyl (C=O) groups is 1. The van der Waals surface area contributed by atoms with Crippen molar-refractivity contribution >= 4 is 21.6 Å². The largest absolute Gasteiger partial charge is 0.356 e. The summed E-state index contributed by atoms with van der Waals surface area (Å²) in [5.74, 6) is -0.654. The number of aliphatic hydroxyl groups excluding tert-OH is 1. The van der Waals surface area contributed by atoms with Crippen LogP contribution in [-0.2, 0) is 23.4 Å². The molecule has 1 atom stereocenters. The molecule has 4 rings (SSSR count). The fourth-order valence-electron chi connectivity index (χ4n) is 3.38. The Morgan fingerprint density at radius 1 is 1.21 bits per heavy atom. The maximum Gasteiger partial charge on any atom is 0.277 e. The topological polar surface area (TPSA) is 95.7 Å². The number of hydrogen-bond donors (Lipinski definition) is 1. The molecule has 1 N–H and O–H groups in total. The van der Waals surface area contributed by atoms with Gasteiger partial charge in [0.15, 0.2) is 11.5 Å². The quantitative estimate of drug-likeness (QED) is 0.796. The Hall–Kier alpha value is -2.46. The molecule has 1 aromatic heterocycles. The number of benzene rings is 1. The summed E-state index contributed by atoms with van der Waals surface area (Å²) in [6, 6.07) is 5.72. The number of halogens is 1. The van der Waals surface area contributed by atoms with Gasteiger partial charge in [0.05, 0.1) is 5.75 Å². The number of hydrogen-bond acceptors (Lipinski definition) is 6. The van der Waals surface area contributed by atoms with E-state index >= 15 is 0 Å². The van der Waals surface area contributed by atoms with E-state index in [2.05, 4.69) is 4.98 Å². The van der Waals surface area contributed by atoms with E-state index in [9.17, 15) is 22.7 Å². The molecular weight excluding hydrogens is 387 g/mol. The molecule has 1 aliphatic heterocycles. The maximum atomic E-state index is 13.2. The summed E-state index contributed by atoms with van der Waals surface area (Å²) in [5.41, 5.74) is 0.784. The van der Waals surface area contributed by atoms with E-state index in [0.717, 1.165) is 17.7 Å². The fraction of sp³-hybridized carbons (Fsp3) is 0.444. The molecule has 2 heterocycles. The number of aliphatic hydroxyl groups is 1.